The average molecular weight is 242 g/mol. The summed E-state index contributed by atoms with van der Waals surface area (Å²) in [7, 11) is -1.92. The maximum Gasteiger partial charge on any atom is 0.492 e. The van der Waals surface area contributed by atoms with Crippen LogP contribution in [0.3, 0.4) is 0 Å². The molecule has 1 aromatic rings. The first-order chi connectivity index (χ1) is 7.95. The van der Waals surface area contributed by atoms with Gasteiger partial charge in [-0.2, -0.15) is 0 Å². The van der Waals surface area contributed by atoms with E-state index in [4.69, 9.17) is 14.8 Å². The lowest BCUT2D eigenvalue weighted by molar-refractivity contribution is 0.225. The van der Waals surface area contributed by atoms with Gasteiger partial charge in [0.1, 0.15) is 5.75 Å². The van der Waals surface area contributed by atoms with E-state index in [-0.39, 0.29) is 17.3 Å². The second kappa shape index (κ2) is 5.79. The molecule has 0 spiro atoms. The minimum Gasteiger partial charge on any atom is -0.491 e. The Labute approximate surface area is 98.5 Å². The average Bonchev–Trinajstić information content (AvgIpc) is 2.23. The van der Waals surface area contributed by atoms with E-state index in [1.165, 1.54) is 0 Å². The third-order valence-electron chi connectivity index (χ3n) is 2.16. The molecule has 1 rings (SSSR count). The fourth-order valence-corrected chi connectivity index (χ4v) is 1.35. The number of benzene rings is 1. The second-order valence-corrected chi connectivity index (χ2v) is 3.63. The SMILES string of the molecule is C=CCC(C)Oc1cc(F)c(F)cc1B(O)O. The predicted octanol–water partition coefficient (Wildman–Crippen LogP) is 0.988. The Morgan fingerprint density at radius 2 is 2.00 bits per heavy atom. The summed E-state index contributed by atoms with van der Waals surface area (Å²) in [5.41, 5.74) is -0.209. The van der Waals surface area contributed by atoms with Crippen LogP contribution in [0.1, 0.15) is 13.3 Å². The van der Waals surface area contributed by atoms with Crippen LogP contribution >= 0.6 is 0 Å². The van der Waals surface area contributed by atoms with Gasteiger partial charge in [-0.05, 0) is 13.0 Å². The van der Waals surface area contributed by atoms with E-state index < -0.39 is 18.8 Å². The van der Waals surface area contributed by atoms with Crippen LogP contribution < -0.4 is 10.2 Å². The van der Waals surface area contributed by atoms with E-state index >= 15 is 0 Å². The molecule has 1 atom stereocenters. The summed E-state index contributed by atoms with van der Waals surface area (Å²) >= 11 is 0. The van der Waals surface area contributed by atoms with Gasteiger partial charge in [-0.1, -0.05) is 6.08 Å². The van der Waals surface area contributed by atoms with Crippen LogP contribution in [-0.4, -0.2) is 23.3 Å². The van der Waals surface area contributed by atoms with E-state index in [2.05, 4.69) is 6.58 Å². The Balaban J connectivity index is 3.03. The molecular formula is C11H13BF2O3. The van der Waals surface area contributed by atoms with Crippen molar-refractivity contribution in [1.29, 1.82) is 0 Å². The quantitative estimate of drug-likeness (QED) is 0.597. The van der Waals surface area contributed by atoms with Gasteiger partial charge in [0.05, 0.1) is 6.10 Å². The van der Waals surface area contributed by atoms with E-state index in [0.717, 1.165) is 6.07 Å². The molecule has 0 aliphatic carbocycles. The highest BCUT2D eigenvalue weighted by Gasteiger charge is 2.21. The zero-order valence-electron chi connectivity index (χ0n) is 9.36. The molecule has 0 amide bonds. The lowest BCUT2D eigenvalue weighted by Crippen LogP contribution is -2.33. The van der Waals surface area contributed by atoms with Crippen molar-refractivity contribution in [2.24, 2.45) is 0 Å². The number of hydrogen-bond acceptors (Lipinski definition) is 3. The maximum atomic E-state index is 13.0. The molecule has 0 aliphatic rings. The van der Waals surface area contributed by atoms with E-state index in [1.54, 1.807) is 13.0 Å². The lowest BCUT2D eigenvalue weighted by atomic mass is 9.79. The van der Waals surface area contributed by atoms with E-state index in [1.807, 2.05) is 0 Å². The standard InChI is InChI=1S/C11H13BF2O3/c1-3-4-7(2)17-11-6-10(14)9(13)5-8(11)12(15)16/h3,5-7,15-16H,1,4H2,2H3. The van der Waals surface area contributed by atoms with Crippen molar-refractivity contribution in [1.82, 2.24) is 0 Å². The Hall–Kier alpha value is -1.40. The van der Waals surface area contributed by atoms with Crippen molar-refractivity contribution in [3.63, 3.8) is 0 Å². The first-order valence-electron chi connectivity index (χ1n) is 5.08. The van der Waals surface area contributed by atoms with Crippen LogP contribution in [0.5, 0.6) is 5.75 Å². The van der Waals surface area contributed by atoms with Gasteiger partial charge in [-0.15, -0.1) is 6.58 Å². The highest BCUT2D eigenvalue weighted by atomic mass is 19.2. The zero-order valence-corrected chi connectivity index (χ0v) is 9.36. The highest BCUT2D eigenvalue weighted by Crippen LogP contribution is 2.16. The van der Waals surface area contributed by atoms with Gasteiger partial charge in [0.2, 0.25) is 0 Å². The number of rotatable bonds is 5. The Kier molecular flexibility index (Phi) is 4.66. The lowest BCUT2D eigenvalue weighted by Gasteiger charge is -2.16. The summed E-state index contributed by atoms with van der Waals surface area (Å²) in [6.07, 6.45) is 1.79. The molecule has 17 heavy (non-hydrogen) atoms. The summed E-state index contributed by atoms with van der Waals surface area (Å²) in [6.45, 7) is 5.22. The molecule has 1 aromatic carbocycles. The minimum atomic E-state index is -1.92. The van der Waals surface area contributed by atoms with Crippen molar-refractivity contribution < 1.29 is 23.6 Å². The van der Waals surface area contributed by atoms with E-state index in [9.17, 15) is 8.78 Å². The normalized spacial score (nSPS) is 12.1. The molecule has 0 aromatic heterocycles. The Bertz CT molecular complexity index is 410. The molecule has 0 fully saturated rings. The largest absolute Gasteiger partial charge is 0.492 e. The molecule has 0 aliphatic heterocycles. The van der Waals surface area contributed by atoms with Gasteiger partial charge in [0.25, 0.3) is 0 Å². The molecule has 6 heteroatoms. The van der Waals surface area contributed by atoms with Gasteiger partial charge in [0.15, 0.2) is 11.6 Å². The number of hydrogen-bond donors (Lipinski definition) is 2. The summed E-state index contributed by atoms with van der Waals surface area (Å²) in [4.78, 5) is 0. The van der Waals surface area contributed by atoms with Crippen LogP contribution in [0.15, 0.2) is 24.8 Å². The molecular weight excluding hydrogens is 229 g/mol. The van der Waals surface area contributed by atoms with Crippen LogP contribution in [-0.2, 0) is 0 Å². The van der Waals surface area contributed by atoms with Crippen molar-refractivity contribution in [3.05, 3.63) is 36.4 Å². The van der Waals surface area contributed by atoms with Crippen molar-refractivity contribution in [2.75, 3.05) is 0 Å². The molecule has 3 nitrogen and oxygen atoms in total. The van der Waals surface area contributed by atoms with Gasteiger partial charge in [0, 0.05) is 17.9 Å². The van der Waals surface area contributed by atoms with Crippen molar-refractivity contribution in [2.45, 2.75) is 19.4 Å². The molecule has 0 radical (unpaired) electrons. The predicted molar refractivity (Wildman–Crippen MR) is 61.1 cm³/mol. The molecule has 2 N–H and O–H groups in total. The summed E-state index contributed by atoms with van der Waals surface area (Å²) < 4.78 is 31.2. The van der Waals surface area contributed by atoms with Gasteiger partial charge < -0.3 is 14.8 Å². The third kappa shape index (κ3) is 3.54. The van der Waals surface area contributed by atoms with Crippen LogP contribution in [0.25, 0.3) is 0 Å². The second-order valence-electron chi connectivity index (χ2n) is 3.63. The van der Waals surface area contributed by atoms with Crippen LogP contribution in [0.2, 0.25) is 0 Å². The molecule has 0 saturated carbocycles. The van der Waals surface area contributed by atoms with Gasteiger partial charge in [-0.3, -0.25) is 0 Å². The molecule has 1 unspecified atom stereocenters. The summed E-state index contributed by atoms with van der Waals surface area (Å²) in [5.74, 6) is -2.35. The molecule has 0 heterocycles. The van der Waals surface area contributed by atoms with Crippen molar-refractivity contribution in [3.8, 4) is 5.75 Å². The van der Waals surface area contributed by atoms with Crippen LogP contribution in [0, 0.1) is 11.6 Å². The molecule has 0 bridgehead atoms. The first-order valence-corrected chi connectivity index (χ1v) is 5.08. The molecule has 92 valence electrons. The monoisotopic (exact) mass is 242 g/mol. The molecule has 0 saturated heterocycles. The Morgan fingerprint density at radius 3 is 2.53 bits per heavy atom. The van der Waals surface area contributed by atoms with E-state index in [0.29, 0.717) is 12.5 Å². The van der Waals surface area contributed by atoms with Gasteiger partial charge >= 0.3 is 7.12 Å². The summed E-state index contributed by atoms with van der Waals surface area (Å²) in [5, 5.41) is 18.1. The summed E-state index contributed by atoms with van der Waals surface area (Å²) in [6, 6.07) is 1.50. The van der Waals surface area contributed by atoms with Crippen LogP contribution in [0.4, 0.5) is 8.78 Å². The Morgan fingerprint density at radius 1 is 1.41 bits per heavy atom. The smallest absolute Gasteiger partial charge is 0.491 e. The highest BCUT2D eigenvalue weighted by molar-refractivity contribution is 6.59. The zero-order chi connectivity index (χ0) is 13.0. The number of halogens is 2. The fraction of sp³-hybridized carbons (Fsp3) is 0.273. The first kappa shape index (κ1) is 13.7. The maximum absolute atomic E-state index is 13.0. The topological polar surface area (TPSA) is 49.7 Å². The number of ether oxygens (including phenoxy) is 1. The third-order valence-corrected chi connectivity index (χ3v) is 2.16. The fourth-order valence-electron chi connectivity index (χ4n) is 1.35. The van der Waals surface area contributed by atoms with Gasteiger partial charge in [-0.25, -0.2) is 8.78 Å². The minimum absolute atomic E-state index is 0.0896. The van der Waals surface area contributed by atoms with Crippen molar-refractivity contribution >= 4 is 12.6 Å².